The highest BCUT2D eigenvalue weighted by Crippen LogP contribution is 2.15. The standard InChI is InChI=1S/C13H24N4O3/c1-3-15-12(19)17-6-4-16(5-7-17)11(18)8-20-13(2)9-14-10-13/h14H,3-10H2,1-2H3,(H,15,19). The lowest BCUT2D eigenvalue weighted by molar-refractivity contribution is -0.147. The quantitative estimate of drug-likeness (QED) is 0.711. The van der Waals surface area contributed by atoms with Crippen LogP contribution < -0.4 is 10.6 Å². The topological polar surface area (TPSA) is 73.9 Å². The smallest absolute Gasteiger partial charge is 0.317 e. The molecule has 0 atom stereocenters. The Kier molecular flexibility index (Phi) is 4.82. The van der Waals surface area contributed by atoms with Crippen LogP contribution in [0.4, 0.5) is 4.79 Å². The van der Waals surface area contributed by atoms with E-state index < -0.39 is 0 Å². The van der Waals surface area contributed by atoms with E-state index in [1.807, 2.05) is 13.8 Å². The first kappa shape index (κ1) is 15.1. The lowest BCUT2D eigenvalue weighted by Gasteiger charge is -2.40. The Balaban J connectivity index is 1.70. The molecule has 0 radical (unpaired) electrons. The highest BCUT2D eigenvalue weighted by Gasteiger charge is 2.34. The van der Waals surface area contributed by atoms with Crippen molar-refractivity contribution in [1.82, 2.24) is 20.4 Å². The minimum Gasteiger partial charge on any atom is -0.363 e. The Morgan fingerprint density at radius 1 is 1.20 bits per heavy atom. The number of rotatable bonds is 4. The van der Waals surface area contributed by atoms with Crippen molar-refractivity contribution in [2.24, 2.45) is 0 Å². The van der Waals surface area contributed by atoms with Gasteiger partial charge in [-0.3, -0.25) is 4.79 Å². The maximum Gasteiger partial charge on any atom is 0.317 e. The van der Waals surface area contributed by atoms with Gasteiger partial charge in [-0.2, -0.15) is 0 Å². The van der Waals surface area contributed by atoms with E-state index in [2.05, 4.69) is 10.6 Å². The van der Waals surface area contributed by atoms with Gasteiger partial charge in [-0.25, -0.2) is 4.79 Å². The van der Waals surface area contributed by atoms with E-state index in [0.29, 0.717) is 32.7 Å². The second-order valence-electron chi connectivity index (χ2n) is 5.55. The molecule has 0 bridgehead atoms. The maximum absolute atomic E-state index is 12.0. The van der Waals surface area contributed by atoms with Crippen LogP contribution in [0.1, 0.15) is 13.8 Å². The SMILES string of the molecule is CCNC(=O)N1CCN(C(=O)COC2(C)CNC2)CC1. The average molecular weight is 284 g/mol. The fraction of sp³-hybridized carbons (Fsp3) is 0.846. The molecule has 0 aliphatic carbocycles. The molecule has 2 aliphatic heterocycles. The van der Waals surface area contributed by atoms with Gasteiger partial charge < -0.3 is 25.2 Å². The molecule has 114 valence electrons. The summed E-state index contributed by atoms with van der Waals surface area (Å²) in [5.74, 6) is 0.00803. The van der Waals surface area contributed by atoms with E-state index in [9.17, 15) is 9.59 Å². The third kappa shape index (κ3) is 3.61. The van der Waals surface area contributed by atoms with Crippen molar-refractivity contribution in [2.45, 2.75) is 19.4 Å². The molecule has 0 unspecified atom stereocenters. The predicted molar refractivity (Wildman–Crippen MR) is 74.5 cm³/mol. The van der Waals surface area contributed by atoms with Crippen LogP contribution in [0.25, 0.3) is 0 Å². The molecule has 20 heavy (non-hydrogen) atoms. The molecule has 3 amide bonds. The van der Waals surface area contributed by atoms with Crippen LogP contribution in [-0.4, -0.2) is 79.8 Å². The zero-order valence-electron chi connectivity index (χ0n) is 12.3. The van der Waals surface area contributed by atoms with Gasteiger partial charge in [0.05, 0.1) is 5.60 Å². The number of nitrogens with zero attached hydrogens (tertiary/aromatic N) is 2. The molecule has 7 nitrogen and oxygen atoms in total. The van der Waals surface area contributed by atoms with Crippen molar-refractivity contribution in [2.75, 3.05) is 52.4 Å². The number of urea groups is 1. The van der Waals surface area contributed by atoms with E-state index in [4.69, 9.17) is 4.74 Å². The van der Waals surface area contributed by atoms with E-state index in [1.165, 1.54) is 0 Å². The lowest BCUT2D eigenvalue weighted by Crippen LogP contribution is -2.60. The summed E-state index contributed by atoms with van der Waals surface area (Å²) in [6.45, 7) is 8.55. The lowest BCUT2D eigenvalue weighted by atomic mass is 10.0. The first-order valence-corrected chi connectivity index (χ1v) is 7.19. The number of piperazine rings is 1. The van der Waals surface area contributed by atoms with Crippen LogP contribution >= 0.6 is 0 Å². The van der Waals surface area contributed by atoms with Crippen LogP contribution in [-0.2, 0) is 9.53 Å². The molecular formula is C13H24N4O3. The Morgan fingerprint density at radius 3 is 2.30 bits per heavy atom. The fourth-order valence-electron chi connectivity index (χ4n) is 2.33. The van der Waals surface area contributed by atoms with E-state index in [1.54, 1.807) is 9.80 Å². The van der Waals surface area contributed by atoms with Gasteiger partial charge in [0.1, 0.15) is 6.61 Å². The van der Waals surface area contributed by atoms with Gasteiger partial charge in [-0.05, 0) is 13.8 Å². The summed E-state index contributed by atoms with van der Waals surface area (Å²) in [4.78, 5) is 27.2. The molecule has 2 N–H and O–H groups in total. The molecule has 2 saturated heterocycles. The number of nitrogens with one attached hydrogen (secondary N) is 2. The molecular weight excluding hydrogens is 260 g/mol. The van der Waals surface area contributed by atoms with Crippen molar-refractivity contribution >= 4 is 11.9 Å². The Bertz CT molecular complexity index is 363. The third-order valence-electron chi connectivity index (χ3n) is 3.79. The molecule has 2 aliphatic rings. The van der Waals surface area contributed by atoms with Gasteiger partial charge in [-0.1, -0.05) is 0 Å². The van der Waals surface area contributed by atoms with Crippen molar-refractivity contribution in [3.8, 4) is 0 Å². The normalized spacial score (nSPS) is 21.3. The van der Waals surface area contributed by atoms with Crippen LogP contribution in [0.5, 0.6) is 0 Å². The van der Waals surface area contributed by atoms with Gasteiger partial charge in [0, 0.05) is 45.8 Å². The molecule has 0 aromatic heterocycles. The monoisotopic (exact) mass is 284 g/mol. The first-order valence-electron chi connectivity index (χ1n) is 7.19. The maximum atomic E-state index is 12.0. The fourth-order valence-corrected chi connectivity index (χ4v) is 2.33. The summed E-state index contributed by atoms with van der Waals surface area (Å²) in [5.41, 5.74) is -0.196. The second-order valence-corrected chi connectivity index (χ2v) is 5.55. The number of carbonyl (C=O) groups excluding carboxylic acids is 2. The van der Waals surface area contributed by atoms with Crippen molar-refractivity contribution < 1.29 is 14.3 Å². The van der Waals surface area contributed by atoms with Crippen molar-refractivity contribution in [3.05, 3.63) is 0 Å². The minimum absolute atomic E-state index is 0.00803. The van der Waals surface area contributed by atoms with E-state index in [-0.39, 0.29) is 24.1 Å². The zero-order valence-corrected chi connectivity index (χ0v) is 12.3. The average Bonchev–Trinajstić information content (AvgIpc) is 2.43. The van der Waals surface area contributed by atoms with Crippen LogP contribution in [0.2, 0.25) is 0 Å². The van der Waals surface area contributed by atoms with Crippen LogP contribution in [0.3, 0.4) is 0 Å². The number of amides is 3. The first-order chi connectivity index (χ1) is 9.54. The van der Waals surface area contributed by atoms with E-state index in [0.717, 1.165) is 13.1 Å². The molecule has 0 spiro atoms. The molecule has 0 aromatic rings. The third-order valence-corrected chi connectivity index (χ3v) is 3.79. The van der Waals surface area contributed by atoms with Gasteiger partial charge in [-0.15, -0.1) is 0 Å². The minimum atomic E-state index is -0.196. The summed E-state index contributed by atoms with van der Waals surface area (Å²) in [5, 5.41) is 5.91. The molecule has 2 fully saturated rings. The summed E-state index contributed by atoms with van der Waals surface area (Å²) in [6.07, 6.45) is 0. The predicted octanol–water partition coefficient (Wildman–Crippen LogP) is -0.761. The van der Waals surface area contributed by atoms with E-state index >= 15 is 0 Å². The van der Waals surface area contributed by atoms with Crippen molar-refractivity contribution in [3.63, 3.8) is 0 Å². The molecule has 0 aromatic carbocycles. The summed E-state index contributed by atoms with van der Waals surface area (Å²) < 4.78 is 5.65. The van der Waals surface area contributed by atoms with Crippen molar-refractivity contribution in [1.29, 1.82) is 0 Å². The number of hydrogen-bond acceptors (Lipinski definition) is 4. The highest BCUT2D eigenvalue weighted by atomic mass is 16.5. The number of ether oxygens (including phenoxy) is 1. The van der Waals surface area contributed by atoms with Crippen LogP contribution in [0.15, 0.2) is 0 Å². The summed E-state index contributed by atoms with van der Waals surface area (Å²) in [6, 6.07) is -0.0519. The van der Waals surface area contributed by atoms with Gasteiger partial charge in [0.25, 0.3) is 0 Å². The molecule has 0 saturated carbocycles. The molecule has 7 heteroatoms. The highest BCUT2D eigenvalue weighted by molar-refractivity contribution is 5.78. The largest absolute Gasteiger partial charge is 0.363 e. The number of carbonyl (C=O) groups is 2. The Morgan fingerprint density at radius 2 is 1.80 bits per heavy atom. The number of hydrogen-bond donors (Lipinski definition) is 2. The molecule has 2 rings (SSSR count). The van der Waals surface area contributed by atoms with Gasteiger partial charge in [0.15, 0.2) is 0 Å². The Labute approximate surface area is 119 Å². The Hall–Kier alpha value is -1.34. The van der Waals surface area contributed by atoms with Gasteiger partial charge >= 0.3 is 6.03 Å². The summed E-state index contributed by atoms with van der Waals surface area (Å²) >= 11 is 0. The van der Waals surface area contributed by atoms with Crippen LogP contribution in [0, 0.1) is 0 Å². The second kappa shape index (κ2) is 6.41. The van der Waals surface area contributed by atoms with Gasteiger partial charge in [0.2, 0.25) is 5.91 Å². The summed E-state index contributed by atoms with van der Waals surface area (Å²) in [7, 11) is 0. The molecule has 2 heterocycles. The zero-order chi connectivity index (χ0) is 14.6.